The zero-order valence-electron chi connectivity index (χ0n) is 12.4. The predicted molar refractivity (Wildman–Crippen MR) is 76.3 cm³/mol. The first-order valence-corrected chi connectivity index (χ1v) is 7.25. The second-order valence-electron chi connectivity index (χ2n) is 5.63. The van der Waals surface area contributed by atoms with Crippen LogP contribution in [0.4, 0.5) is 8.78 Å². The van der Waals surface area contributed by atoms with Crippen LogP contribution in [-0.4, -0.2) is 43.5 Å². The molecule has 1 heterocycles. The van der Waals surface area contributed by atoms with Crippen molar-refractivity contribution in [3.8, 4) is 0 Å². The van der Waals surface area contributed by atoms with E-state index in [0.29, 0.717) is 12.5 Å². The zero-order valence-corrected chi connectivity index (χ0v) is 12.4. The molecule has 1 saturated heterocycles. The fourth-order valence-corrected chi connectivity index (χ4v) is 2.88. The van der Waals surface area contributed by atoms with Gasteiger partial charge in [0.2, 0.25) is 0 Å². The molecule has 1 aromatic rings. The molecule has 0 bridgehead atoms. The van der Waals surface area contributed by atoms with Crippen LogP contribution in [0, 0.1) is 17.6 Å². The Morgan fingerprint density at radius 2 is 2.19 bits per heavy atom. The molecule has 1 aliphatic rings. The molecule has 21 heavy (non-hydrogen) atoms. The number of ketones is 1. The second kappa shape index (κ2) is 7.09. The van der Waals surface area contributed by atoms with Crippen LogP contribution in [0.3, 0.4) is 0 Å². The highest BCUT2D eigenvalue weighted by atomic mass is 19.2. The lowest BCUT2D eigenvalue weighted by atomic mass is 9.95. The van der Waals surface area contributed by atoms with Crippen LogP contribution in [-0.2, 0) is 4.74 Å². The molecule has 5 heteroatoms. The zero-order chi connectivity index (χ0) is 15.4. The number of benzene rings is 1. The van der Waals surface area contributed by atoms with Gasteiger partial charge in [0.05, 0.1) is 12.6 Å². The van der Waals surface area contributed by atoms with Gasteiger partial charge in [0, 0.05) is 19.2 Å². The third-order valence-electron chi connectivity index (χ3n) is 4.08. The number of carbonyl (C=O) groups is 1. The first-order valence-electron chi connectivity index (χ1n) is 7.25. The van der Waals surface area contributed by atoms with E-state index in [1.807, 2.05) is 6.92 Å². The Bertz CT molecular complexity index is 505. The molecule has 0 spiro atoms. The standard InChI is InChI=1S/C16H21F2NO2/c1-11(19-7-3-4-12(9-19)10-21-2)16(20)13-5-6-14(17)15(18)8-13/h5-6,8,11-12H,3-4,7,9-10H2,1-2H3. The molecule has 0 N–H and O–H groups in total. The third kappa shape index (κ3) is 3.86. The van der Waals surface area contributed by atoms with Crippen molar-refractivity contribution < 1.29 is 18.3 Å². The van der Waals surface area contributed by atoms with Crippen molar-refractivity contribution in [2.24, 2.45) is 5.92 Å². The summed E-state index contributed by atoms with van der Waals surface area (Å²) in [6, 6.07) is 2.98. The van der Waals surface area contributed by atoms with Gasteiger partial charge in [-0.3, -0.25) is 9.69 Å². The predicted octanol–water partition coefficient (Wildman–Crippen LogP) is 2.89. The lowest BCUT2D eigenvalue weighted by molar-refractivity contribution is 0.0594. The molecule has 0 saturated carbocycles. The van der Waals surface area contributed by atoms with E-state index in [0.717, 1.165) is 38.1 Å². The number of hydrogen-bond acceptors (Lipinski definition) is 3. The Kier molecular flexibility index (Phi) is 5.42. The lowest BCUT2D eigenvalue weighted by Crippen LogP contribution is -2.46. The van der Waals surface area contributed by atoms with Crippen LogP contribution in [0.1, 0.15) is 30.1 Å². The van der Waals surface area contributed by atoms with Gasteiger partial charge in [-0.05, 0) is 50.4 Å². The Labute approximate surface area is 123 Å². The number of methoxy groups -OCH3 is 1. The summed E-state index contributed by atoms with van der Waals surface area (Å²) < 4.78 is 31.4. The Hall–Kier alpha value is -1.33. The molecular formula is C16H21F2NO2. The minimum absolute atomic E-state index is 0.174. The van der Waals surface area contributed by atoms with Gasteiger partial charge in [-0.15, -0.1) is 0 Å². The molecule has 0 radical (unpaired) electrons. The molecule has 2 rings (SSSR count). The first kappa shape index (κ1) is 16.0. The van der Waals surface area contributed by atoms with Crippen LogP contribution in [0.5, 0.6) is 0 Å². The number of hydrogen-bond donors (Lipinski definition) is 0. The highest BCUT2D eigenvalue weighted by molar-refractivity contribution is 5.99. The Balaban J connectivity index is 2.05. The molecule has 3 nitrogen and oxygen atoms in total. The number of nitrogens with zero attached hydrogens (tertiary/aromatic N) is 1. The first-order chi connectivity index (χ1) is 10.0. The SMILES string of the molecule is COCC1CCCN(C(C)C(=O)c2ccc(F)c(F)c2)C1. The van der Waals surface area contributed by atoms with Gasteiger partial charge in [-0.2, -0.15) is 0 Å². The van der Waals surface area contributed by atoms with E-state index in [1.54, 1.807) is 7.11 Å². The summed E-state index contributed by atoms with van der Waals surface area (Å²) in [5, 5.41) is 0. The van der Waals surface area contributed by atoms with Crippen molar-refractivity contribution in [1.29, 1.82) is 0 Å². The molecule has 2 atom stereocenters. The van der Waals surface area contributed by atoms with Gasteiger partial charge in [0.25, 0.3) is 0 Å². The van der Waals surface area contributed by atoms with Crippen molar-refractivity contribution in [2.75, 3.05) is 26.8 Å². The summed E-state index contributed by atoms with van der Waals surface area (Å²) in [4.78, 5) is 14.5. The number of carbonyl (C=O) groups excluding carboxylic acids is 1. The highest BCUT2D eigenvalue weighted by Gasteiger charge is 2.28. The number of rotatable bonds is 5. The third-order valence-corrected chi connectivity index (χ3v) is 4.08. The van der Waals surface area contributed by atoms with E-state index in [9.17, 15) is 13.6 Å². The second-order valence-corrected chi connectivity index (χ2v) is 5.63. The Morgan fingerprint density at radius 1 is 1.43 bits per heavy atom. The summed E-state index contributed by atoms with van der Waals surface area (Å²) in [6.07, 6.45) is 2.11. The average molecular weight is 297 g/mol. The minimum Gasteiger partial charge on any atom is -0.384 e. The van der Waals surface area contributed by atoms with Gasteiger partial charge in [-0.25, -0.2) is 8.78 Å². The monoisotopic (exact) mass is 297 g/mol. The number of halogens is 2. The van der Waals surface area contributed by atoms with Crippen LogP contribution in [0.25, 0.3) is 0 Å². The van der Waals surface area contributed by atoms with Crippen LogP contribution < -0.4 is 0 Å². The maximum Gasteiger partial charge on any atom is 0.179 e. The van der Waals surface area contributed by atoms with Gasteiger partial charge in [-0.1, -0.05) is 0 Å². The average Bonchev–Trinajstić information content (AvgIpc) is 2.49. The number of likely N-dealkylation sites (tertiary alicyclic amines) is 1. The van der Waals surface area contributed by atoms with Crippen LogP contribution in [0.2, 0.25) is 0 Å². The highest BCUT2D eigenvalue weighted by Crippen LogP contribution is 2.21. The van der Waals surface area contributed by atoms with Gasteiger partial charge < -0.3 is 4.74 Å². The van der Waals surface area contributed by atoms with Crippen molar-refractivity contribution in [3.05, 3.63) is 35.4 Å². The van der Waals surface area contributed by atoms with E-state index in [2.05, 4.69) is 4.90 Å². The summed E-state index contributed by atoms with van der Waals surface area (Å²) in [7, 11) is 1.68. The van der Waals surface area contributed by atoms with E-state index in [4.69, 9.17) is 4.74 Å². The van der Waals surface area contributed by atoms with Gasteiger partial charge in [0.15, 0.2) is 17.4 Å². The number of ether oxygens (including phenoxy) is 1. The van der Waals surface area contributed by atoms with Gasteiger partial charge >= 0.3 is 0 Å². The van der Waals surface area contributed by atoms with E-state index in [-0.39, 0.29) is 17.4 Å². The van der Waals surface area contributed by atoms with Crippen molar-refractivity contribution in [3.63, 3.8) is 0 Å². The molecule has 1 aliphatic heterocycles. The van der Waals surface area contributed by atoms with Crippen molar-refractivity contribution >= 4 is 5.78 Å². The smallest absolute Gasteiger partial charge is 0.179 e. The molecule has 0 aromatic heterocycles. The summed E-state index contributed by atoms with van der Waals surface area (Å²) >= 11 is 0. The van der Waals surface area contributed by atoms with Gasteiger partial charge in [0.1, 0.15) is 0 Å². The minimum atomic E-state index is -0.982. The maximum absolute atomic E-state index is 13.3. The number of piperidine rings is 1. The van der Waals surface area contributed by atoms with Crippen LogP contribution >= 0.6 is 0 Å². The molecular weight excluding hydrogens is 276 g/mol. The Morgan fingerprint density at radius 3 is 2.86 bits per heavy atom. The molecule has 116 valence electrons. The quantitative estimate of drug-likeness (QED) is 0.783. The van der Waals surface area contributed by atoms with Crippen molar-refractivity contribution in [2.45, 2.75) is 25.8 Å². The van der Waals surface area contributed by atoms with E-state index in [1.165, 1.54) is 6.07 Å². The lowest BCUT2D eigenvalue weighted by Gasteiger charge is -2.35. The number of Topliss-reactive ketones (excluding diaryl/α,β-unsaturated/α-hetero) is 1. The van der Waals surface area contributed by atoms with E-state index < -0.39 is 11.6 Å². The molecule has 2 unspecified atom stereocenters. The fraction of sp³-hybridized carbons (Fsp3) is 0.562. The van der Waals surface area contributed by atoms with Crippen molar-refractivity contribution in [1.82, 2.24) is 4.90 Å². The summed E-state index contributed by atoms with van der Waals surface area (Å²) in [5.74, 6) is -1.67. The fourth-order valence-electron chi connectivity index (χ4n) is 2.88. The molecule has 0 amide bonds. The summed E-state index contributed by atoms with van der Waals surface area (Å²) in [5.41, 5.74) is 0.218. The molecule has 1 aromatic carbocycles. The molecule has 0 aliphatic carbocycles. The van der Waals surface area contributed by atoms with E-state index >= 15 is 0 Å². The normalized spacial score (nSPS) is 21.2. The largest absolute Gasteiger partial charge is 0.384 e. The maximum atomic E-state index is 13.3. The topological polar surface area (TPSA) is 29.5 Å². The van der Waals surface area contributed by atoms with Crippen LogP contribution in [0.15, 0.2) is 18.2 Å². The molecule has 1 fully saturated rings. The summed E-state index contributed by atoms with van der Waals surface area (Å²) in [6.45, 7) is 4.14.